The van der Waals surface area contributed by atoms with E-state index >= 15 is 0 Å². The van der Waals surface area contributed by atoms with Crippen molar-refractivity contribution in [1.82, 2.24) is 0 Å². The van der Waals surface area contributed by atoms with Crippen molar-refractivity contribution in [1.29, 1.82) is 0 Å². The van der Waals surface area contributed by atoms with Crippen LogP contribution in [0.15, 0.2) is 18.2 Å². The number of hydrogen-bond acceptors (Lipinski definition) is 5. The van der Waals surface area contributed by atoms with Crippen molar-refractivity contribution in [3.63, 3.8) is 0 Å². The molecule has 0 aliphatic heterocycles. The smallest absolute Gasteiger partial charge is 0.292 e. The number of nitrogens with one attached hydrogen (secondary N) is 1. The molecular formula is C10H14N4O3. The highest BCUT2D eigenvalue weighted by Crippen LogP contribution is 2.25. The van der Waals surface area contributed by atoms with Crippen LogP contribution in [-0.2, 0) is 4.79 Å². The van der Waals surface area contributed by atoms with Crippen molar-refractivity contribution in [3.8, 4) is 0 Å². The molecule has 0 heterocycles. The maximum absolute atomic E-state index is 10.7. The second kappa shape index (κ2) is 5.15. The van der Waals surface area contributed by atoms with Gasteiger partial charge in [0.1, 0.15) is 5.69 Å². The summed E-state index contributed by atoms with van der Waals surface area (Å²) in [5.74, 6) is -0.417. The Balaban J connectivity index is 2.77. The normalized spacial score (nSPS) is 11.8. The van der Waals surface area contributed by atoms with Crippen molar-refractivity contribution in [2.75, 3.05) is 11.1 Å². The number of nitro groups is 1. The number of anilines is 2. The van der Waals surface area contributed by atoms with Crippen LogP contribution >= 0.6 is 0 Å². The lowest BCUT2D eigenvalue weighted by molar-refractivity contribution is -0.383. The van der Waals surface area contributed by atoms with Gasteiger partial charge in [0, 0.05) is 24.2 Å². The first-order chi connectivity index (χ1) is 7.90. The van der Waals surface area contributed by atoms with E-state index in [1.807, 2.05) is 0 Å². The Morgan fingerprint density at radius 1 is 1.59 bits per heavy atom. The molecular weight excluding hydrogens is 224 g/mol. The summed E-state index contributed by atoms with van der Waals surface area (Å²) in [7, 11) is 0. The van der Waals surface area contributed by atoms with E-state index < -0.39 is 10.8 Å². The quantitative estimate of drug-likeness (QED) is 0.398. The van der Waals surface area contributed by atoms with Gasteiger partial charge < -0.3 is 16.8 Å². The molecule has 0 fully saturated rings. The fourth-order valence-electron chi connectivity index (χ4n) is 1.45. The van der Waals surface area contributed by atoms with Crippen molar-refractivity contribution in [2.24, 2.45) is 5.73 Å². The largest absolute Gasteiger partial charge is 0.393 e. The van der Waals surface area contributed by atoms with Crippen LogP contribution in [0.2, 0.25) is 0 Å². The average molecular weight is 238 g/mol. The third-order valence-corrected chi connectivity index (χ3v) is 2.14. The molecule has 0 aliphatic carbocycles. The van der Waals surface area contributed by atoms with Crippen LogP contribution in [0.1, 0.15) is 13.3 Å². The molecule has 0 aliphatic rings. The Hall–Kier alpha value is -2.31. The number of amides is 1. The van der Waals surface area contributed by atoms with Gasteiger partial charge in [-0.2, -0.15) is 0 Å². The highest BCUT2D eigenvalue weighted by Gasteiger charge is 2.12. The Morgan fingerprint density at radius 3 is 2.71 bits per heavy atom. The van der Waals surface area contributed by atoms with Gasteiger partial charge in [-0.3, -0.25) is 14.9 Å². The van der Waals surface area contributed by atoms with E-state index in [-0.39, 0.29) is 23.8 Å². The third-order valence-electron chi connectivity index (χ3n) is 2.14. The van der Waals surface area contributed by atoms with Gasteiger partial charge in [0.2, 0.25) is 5.91 Å². The molecule has 0 saturated heterocycles. The van der Waals surface area contributed by atoms with Crippen LogP contribution in [0, 0.1) is 10.1 Å². The first-order valence-electron chi connectivity index (χ1n) is 4.99. The first kappa shape index (κ1) is 12.8. The van der Waals surface area contributed by atoms with Crippen molar-refractivity contribution in [3.05, 3.63) is 28.3 Å². The van der Waals surface area contributed by atoms with Gasteiger partial charge in [0.25, 0.3) is 5.69 Å². The van der Waals surface area contributed by atoms with Gasteiger partial charge in [0.15, 0.2) is 0 Å². The zero-order valence-electron chi connectivity index (χ0n) is 9.34. The van der Waals surface area contributed by atoms with E-state index in [2.05, 4.69) is 5.32 Å². The predicted octanol–water partition coefficient (Wildman–Crippen LogP) is 0.853. The van der Waals surface area contributed by atoms with Crippen LogP contribution < -0.4 is 16.8 Å². The summed E-state index contributed by atoms with van der Waals surface area (Å²) in [5, 5.41) is 13.5. The molecule has 0 bridgehead atoms. The van der Waals surface area contributed by atoms with Crippen molar-refractivity contribution < 1.29 is 9.72 Å². The average Bonchev–Trinajstić information content (AvgIpc) is 2.15. The lowest BCUT2D eigenvalue weighted by Crippen LogP contribution is -2.24. The van der Waals surface area contributed by atoms with Gasteiger partial charge in [-0.1, -0.05) is 0 Å². The number of nitrogens with zero attached hydrogens (tertiary/aromatic N) is 1. The van der Waals surface area contributed by atoms with Gasteiger partial charge in [-0.25, -0.2) is 0 Å². The monoisotopic (exact) mass is 238 g/mol. The van der Waals surface area contributed by atoms with Gasteiger partial charge >= 0.3 is 0 Å². The number of nitrogen functional groups attached to an aromatic ring is 1. The minimum Gasteiger partial charge on any atom is -0.393 e. The Labute approximate surface area is 97.9 Å². The zero-order valence-corrected chi connectivity index (χ0v) is 9.34. The summed E-state index contributed by atoms with van der Waals surface area (Å²) in [6.07, 6.45) is 0.177. The number of nitrogens with two attached hydrogens (primary N) is 2. The molecule has 92 valence electrons. The SMILES string of the molecule is CC(CC(N)=O)Nc1ccc([N+](=O)[O-])c(N)c1. The number of carbonyl (C=O) groups excluding carboxylic acids is 1. The molecule has 1 atom stereocenters. The fourth-order valence-corrected chi connectivity index (χ4v) is 1.45. The van der Waals surface area contributed by atoms with Crippen molar-refractivity contribution >= 4 is 23.0 Å². The van der Waals surface area contributed by atoms with Crippen LogP contribution in [0.3, 0.4) is 0 Å². The minimum atomic E-state index is -0.550. The van der Waals surface area contributed by atoms with E-state index in [0.717, 1.165) is 0 Å². The zero-order chi connectivity index (χ0) is 13.0. The third kappa shape index (κ3) is 3.63. The molecule has 0 aromatic heterocycles. The maximum atomic E-state index is 10.7. The maximum Gasteiger partial charge on any atom is 0.292 e. The number of benzene rings is 1. The number of hydrogen-bond donors (Lipinski definition) is 3. The first-order valence-corrected chi connectivity index (χ1v) is 4.99. The summed E-state index contributed by atoms with van der Waals surface area (Å²) in [6, 6.07) is 4.14. The van der Waals surface area contributed by atoms with E-state index in [4.69, 9.17) is 11.5 Å². The van der Waals surface area contributed by atoms with E-state index in [9.17, 15) is 14.9 Å². The molecule has 1 rings (SSSR count). The Bertz CT molecular complexity index is 447. The van der Waals surface area contributed by atoms with E-state index in [0.29, 0.717) is 5.69 Å². The van der Waals surface area contributed by atoms with E-state index in [1.54, 1.807) is 6.92 Å². The molecule has 1 unspecified atom stereocenters. The topological polar surface area (TPSA) is 124 Å². The molecule has 1 aromatic rings. The lowest BCUT2D eigenvalue weighted by atomic mass is 10.2. The second-order valence-corrected chi connectivity index (χ2v) is 3.75. The summed E-state index contributed by atoms with van der Waals surface area (Å²) in [5.41, 5.74) is 11.1. The molecule has 0 saturated carbocycles. The molecule has 5 N–H and O–H groups in total. The highest BCUT2D eigenvalue weighted by molar-refractivity contribution is 5.75. The highest BCUT2D eigenvalue weighted by atomic mass is 16.6. The number of rotatable bonds is 5. The molecule has 7 heteroatoms. The number of carbonyl (C=O) groups is 1. The number of nitro benzene ring substituents is 1. The van der Waals surface area contributed by atoms with Gasteiger partial charge in [-0.15, -0.1) is 0 Å². The molecule has 1 aromatic carbocycles. The molecule has 7 nitrogen and oxygen atoms in total. The van der Waals surface area contributed by atoms with Gasteiger partial charge in [0.05, 0.1) is 4.92 Å². The van der Waals surface area contributed by atoms with E-state index in [1.165, 1.54) is 18.2 Å². The van der Waals surface area contributed by atoms with Crippen LogP contribution in [0.5, 0.6) is 0 Å². The minimum absolute atomic E-state index is 0.0753. The summed E-state index contributed by atoms with van der Waals surface area (Å²) >= 11 is 0. The summed E-state index contributed by atoms with van der Waals surface area (Å²) in [6.45, 7) is 1.78. The molecule has 0 spiro atoms. The fraction of sp³-hybridized carbons (Fsp3) is 0.300. The lowest BCUT2D eigenvalue weighted by Gasteiger charge is -2.13. The van der Waals surface area contributed by atoms with Crippen LogP contribution in [0.25, 0.3) is 0 Å². The standard InChI is InChI=1S/C10H14N4O3/c1-6(4-10(12)15)13-7-2-3-9(14(16)17)8(11)5-7/h2-3,5-6,13H,4,11H2,1H3,(H2,12,15). The summed E-state index contributed by atoms with van der Waals surface area (Å²) < 4.78 is 0. The van der Waals surface area contributed by atoms with Crippen molar-refractivity contribution in [2.45, 2.75) is 19.4 Å². The van der Waals surface area contributed by atoms with Crippen LogP contribution in [-0.4, -0.2) is 16.9 Å². The Kier molecular flexibility index (Phi) is 3.86. The number of primary amides is 1. The predicted molar refractivity (Wildman–Crippen MR) is 64.4 cm³/mol. The second-order valence-electron chi connectivity index (χ2n) is 3.75. The Morgan fingerprint density at radius 2 is 2.24 bits per heavy atom. The molecule has 17 heavy (non-hydrogen) atoms. The summed E-state index contributed by atoms with van der Waals surface area (Å²) in [4.78, 5) is 20.7. The van der Waals surface area contributed by atoms with Gasteiger partial charge in [-0.05, 0) is 19.1 Å². The van der Waals surface area contributed by atoms with Crippen LogP contribution in [0.4, 0.5) is 17.1 Å². The molecule has 1 amide bonds. The molecule has 0 radical (unpaired) electrons.